The number of carbonyl (C=O) groups excluding carboxylic acids is 1. The molecule has 1 aromatic heterocycles. The molecule has 0 atom stereocenters. The van der Waals surface area contributed by atoms with Crippen molar-refractivity contribution in [3.63, 3.8) is 0 Å². The minimum absolute atomic E-state index is 0.275. The predicted molar refractivity (Wildman–Crippen MR) is 97.4 cm³/mol. The van der Waals surface area contributed by atoms with Gasteiger partial charge in [0.15, 0.2) is 0 Å². The van der Waals surface area contributed by atoms with E-state index in [1.54, 1.807) is 38.3 Å². The molecule has 0 unspecified atom stereocenters. The molecule has 1 amide bonds. The van der Waals surface area contributed by atoms with E-state index in [1.165, 1.54) is 0 Å². The molecule has 0 aliphatic heterocycles. The second-order valence-corrected chi connectivity index (χ2v) is 6.17. The van der Waals surface area contributed by atoms with Crippen LogP contribution in [0.3, 0.4) is 0 Å². The Hall–Kier alpha value is -2.30. The number of amides is 1. The average molecular weight is 361 g/mol. The van der Waals surface area contributed by atoms with E-state index >= 15 is 0 Å². The highest BCUT2D eigenvalue weighted by atomic mass is 35.5. The number of carbonyl (C=O) groups is 1. The van der Waals surface area contributed by atoms with E-state index in [0.29, 0.717) is 32.7 Å². The Balaban J connectivity index is 1.97. The zero-order valence-electron chi connectivity index (χ0n) is 13.1. The first-order chi connectivity index (χ1) is 11.5. The van der Waals surface area contributed by atoms with Gasteiger partial charge in [0.1, 0.15) is 5.75 Å². The molecule has 4 nitrogen and oxygen atoms in total. The number of pyridine rings is 1. The Kier molecular flexibility index (Phi) is 4.60. The summed E-state index contributed by atoms with van der Waals surface area (Å²) in [6.45, 7) is 1.80. The Morgan fingerprint density at radius 3 is 2.46 bits per heavy atom. The predicted octanol–water partition coefficient (Wildman–Crippen LogP) is 5.11. The molecule has 2 aromatic carbocycles. The fourth-order valence-corrected chi connectivity index (χ4v) is 2.96. The molecule has 0 bridgehead atoms. The van der Waals surface area contributed by atoms with Crippen molar-refractivity contribution in [2.45, 2.75) is 6.92 Å². The van der Waals surface area contributed by atoms with Gasteiger partial charge in [-0.3, -0.25) is 9.78 Å². The number of benzene rings is 2. The number of aromatic nitrogens is 1. The van der Waals surface area contributed by atoms with E-state index in [1.807, 2.05) is 18.2 Å². The largest absolute Gasteiger partial charge is 0.497 e. The molecule has 24 heavy (non-hydrogen) atoms. The van der Waals surface area contributed by atoms with Crippen LogP contribution in [0, 0.1) is 6.92 Å². The van der Waals surface area contributed by atoms with E-state index in [2.05, 4.69) is 10.3 Å². The van der Waals surface area contributed by atoms with Gasteiger partial charge >= 0.3 is 0 Å². The number of nitrogens with one attached hydrogen (secondary N) is 1. The number of anilines is 1. The molecule has 0 saturated carbocycles. The molecule has 3 aromatic rings. The van der Waals surface area contributed by atoms with Crippen molar-refractivity contribution < 1.29 is 9.53 Å². The highest BCUT2D eigenvalue weighted by Crippen LogP contribution is 2.25. The molecule has 6 heteroatoms. The monoisotopic (exact) mass is 360 g/mol. The van der Waals surface area contributed by atoms with E-state index in [0.717, 1.165) is 10.9 Å². The third-order valence-electron chi connectivity index (χ3n) is 3.58. The zero-order valence-corrected chi connectivity index (χ0v) is 14.6. The van der Waals surface area contributed by atoms with E-state index < -0.39 is 0 Å². The van der Waals surface area contributed by atoms with Crippen LogP contribution in [0.25, 0.3) is 10.9 Å². The molecule has 0 radical (unpaired) electrons. The van der Waals surface area contributed by atoms with E-state index in [-0.39, 0.29) is 5.91 Å². The number of aryl methyl sites for hydroxylation is 1. The second kappa shape index (κ2) is 6.67. The van der Waals surface area contributed by atoms with Crippen molar-refractivity contribution in [3.8, 4) is 5.75 Å². The van der Waals surface area contributed by atoms with Crippen molar-refractivity contribution in [2.24, 2.45) is 0 Å². The third-order valence-corrected chi connectivity index (χ3v) is 4.01. The van der Waals surface area contributed by atoms with Gasteiger partial charge < -0.3 is 10.1 Å². The van der Waals surface area contributed by atoms with Crippen molar-refractivity contribution in [2.75, 3.05) is 12.4 Å². The number of hydrogen-bond donors (Lipinski definition) is 1. The zero-order chi connectivity index (χ0) is 17.3. The Labute approximate surface area is 149 Å². The van der Waals surface area contributed by atoms with Gasteiger partial charge in [0.05, 0.1) is 23.9 Å². The lowest BCUT2D eigenvalue weighted by molar-refractivity contribution is 0.102. The number of hydrogen-bond acceptors (Lipinski definition) is 3. The van der Waals surface area contributed by atoms with Gasteiger partial charge in [0.2, 0.25) is 0 Å². The van der Waals surface area contributed by atoms with Gasteiger partial charge in [-0.25, -0.2) is 0 Å². The highest BCUT2D eigenvalue weighted by Gasteiger charge is 2.13. The normalized spacial score (nSPS) is 10.7. The number of methoxy groups -OCH3 is 1. The summed E-state index contributed by atoms with van der Waals surface area (Å²) >= 11 is 11.9. The molecule has 0 aliphatic carbocycles. The maximum atomic E-state index is 12.6. The first-order valence-corrected chi connectivity index (χ1v) is 7.95. The summed E-state index contributed by atoms with van der Waals surface area (Å²) in [7, 11) is 1.60. The van der Waals surface area contributed by atoms with Gasteiger partial charge in [-0.1, -0.05) is 23.2 Å². The van der Waals surface area contributed by atoms with Crippen LogP contribution in [0.15, 0.2) is 42.5 Å². The van der Waals surface area contributed by atoms with Gasteiger partial charge in [0, 0.05) is 21.1 Å². The van der Waals surface area contributed by atoms with Crippen molar-refractivity contribution in [1.29, 1.82) is 0 Å². The quantitative estimate of drug-likeness (QED) is 0.705. The number of fused-ring (bicyclic) bond motifs is 1. The summed E-state index contributed by atoms with van der Waals surface area (Å²) < 4.78 is 5.22. The maximum absolute atomic E-state index is 12.6. The summed E-state index contributed by atoms with van der Waals surface area (Å²) in [5.41, 5.74) is 2.45. The number of rotatable bonds is 3. The van der Waals surface area contributed by atoms with Crippen LogP contribution in [-0.4, -0.2) is 18.0 Å². The lowest BCUT2D eigenvalue weighted by Gasteiger charge is -2.10. The van der Waals surface area contributed by atoms with Gasteiger partial charge in [0.25, 0.3) is 5.91 Å². The van der Waals surface area contributed by atoms with E-state index in [4.69, 9.17) is 27.9 Å². The molecule has 3 rings (SSSR count). The van der Waals surface area contributed by atoms with Crippen LogP contribution in [0.2, 0.25) is 10.0 Å². The van der Waals surface area contributed by atoms with Crippen LogP contribution in [0.1, 0.15) is 16.1 Å². The SMILES string of the molecule is COc1ccc2nc(C)c(C(=O)Nc3cc(Cl)cc(Cl)c3)cc2c1. The number of halogens is 2. The van der Waals surface area contributed by atoms with Crippen molar-refractivity contribution >= 4 is 45.7 Å². The van der Waals surface area contributed by atoms with Crippen LogP contribution in [0.4, 0.5) is 5.69 Å². The maximum Gasteiger partial charge on any atom is 0.257 e. The topological polar surface area (TPSA) is 51.2 Å². The summed E-state index contributed by atoms with van der Waals surface area (Å²) in [4.78, 5) is 17.1. The van der Waals surface area contributed by atoms with Gasteiger partial charge in [-0.15, -0.1) is 0 Å². The fourth-order valence-electron chi connectivity index (χ4n) is 2.43. The van der Waals surface area contributed by atoms with Crippen LogP contribution < -0.4 is 10.1 Å². The summed E-state index contributed by atoms with van der Waals surface area (Å²) in [6, 6.07) is 12.2. The second-order valence-electron chi connectivity index (χ2n) is 5.29. The molecular weight excluding hydrogens is 347 g/mol. The van der Waals surface area contributed by atoms with Gasteiger partial charge in [-0.2, -0.15) is 0 Å². The lowest BCUT2D eigenvalue weighted by atomic mass is 10.1. The number of nitrogens with zero attached hydrogens (tertiary/aromatic N) is 1. The highest BCUT2D eigenvalue weighted by molar-refractivity contribution is 6.35. The van der Waals surface area contributed by atoms with E-state index in [9.17, 15) is 4.79 Å². The molecule has 122 valence electrons. The Morgan fingerprint density at radius 2 is 1.79 bits per heavy atom. The Bertz CT molecular complexity index is 921. The van der Waals surface area contributed by atoms with Crippen molar-refractivity contribution in [1.82, 2.24) is 4.98 Å². The van der Waals surface area contributed by atoms with Crippen LogP contribution in [0.5, 0.6) is 5.75 Å². The lowest BCUT2D eigenvalue weighted by Crippen LogP contribution is -2.14. The first kappa shape index (κ1) is 16.6. The molecule has 0 spiro atoms. The molecule has 1 heterocycles. The smallest absolute Gasteiger partial charge is 0.257 e. The first-order valence-electron chi connectivity index (χ1n) is 7.19. The summed E-state index contributed by atoms with van der Waals surface area (Å²) in [5, 5.41) is 4.53. The third kappa shape index (κ3) is 3.45. The standard InChI is InChI=1S/C18H14Cl2N2O2/c1-10-16(6-11-5-15(24-2)3-4-17(11)21-10)18(23)22-14-8-12(19)7-13(20)9-14/h3-9H,1-2H3,(H,22,23). The van der Waals surface area contributed by atoms with Crippen molar-refractivity contribution in [3.05, 3.63) is 63.8 Å². The molecule has 0 saturated heterocycles. The minimum atomic E-state index is -0.275. The molecule has 0 fully saturated rings. The molecule has 1 N–H and O–H groups in total. The molecule has 0 aliphatic rings. The minimum Gasteiger partial charge on any atom is -0.497 e. The fraction of sp³-hybridized carbons (Fsp3) is 0.111. The van der Waals surface area contributed by atoms with Crippen LogP contribution in [-0.2, 0) is 0 Å². The van der Waals surface area contributed by atoms with Gasteiger partial charge in [-0.05, 0) is 49.4 Å². The molecular formula is C18H14Cl2N2O2. The average Bonchev–Trinajstić information content (AvgIpc) is 2.52. The van der Waals surface area contributed by atoms with Crippen LogP contribution >= 0.6 is 23.2 Å². The summed E-state index contributed by atoms with van der Waals surface area (Å²) in [6.07, 6.45) is 0. The summed E-state index contributed by atoms with van der Waals surface area (Å²) in [5.74, 6) is 0.434. The number of ether oxygens (including phenoxy) is 1. The Morgan fingerprint density at radius 1 is 1.08 bits per heavy atom.